The lowest BCUT2D eigenvalue weighted by Crippen LogP contribution is -2.41. The highest BCUT2D eigenvalue weighted by atomic mass is 32.2. The van der Waals surface area contributed by atoms with Crippen molar-refractivity contribution in [2.24, 2.45) is 4.99 Å². The minimum atomic E-state index is -3.58. The Hall–Kier alpha value is -2.00. The fraction of sp³-hybridized carbons (Fsp3) is 0.429. The molecule has 1 saturated heterocycles. The van der Waals surface area contributed by atoms with Gasteiger partial charge in [-0.05, 0) is 30.5 Å². The first kappa shape index (κ1) is 15.4. The van der Waals surface area contributed by atoms with Gasteiger partial charge in [-0.15, -0.1) is 0 Å². The molecule has 0 amide bonds. The topological polar surface area (TPSA) is 90.6 Å². The number of carbonyl (C=O) groups excluding carboxylic acids is 1. The zero-order valence-electron chi connectivity index (χ0n) is 11.4. The normalized spacial score (nSPS) is 19.5. The maximum atomic E-state index is 12.5. The molecule has 1 fully saturated rings. The van der Waals surface area contributed by atoms with E-state index in [1.165, 1.54) is 22.5 Å². The fourth-order valence-electron chi connectivity index (χ4n) is 2.34. The number of nitriles is 1. The van der Waals surface area contributed by atoms with Crippen molar-refractivity contribution in [3.05, 3.63) is 29.8 Å². The summed E-state index contributed by atoms with van der Waals surface area (Å²) in [4.78, 5) is 14.1. The van der Waals surface area contributed by atoms with Crippen molar-refractivity contribution in [1.29, 1.82) is 5.26 Å². The van der Waals surface area contributed by atoms with E-state index in [4.69, 9.17) is 5.26 Å². The third-order valence-electron chi connectivity index (χ3n) is 3.44. The highest BCUT2D eigenvalue weighted by Gasteiger charge is 2.30. The van der Waals surface area contributed by atoms with Crippen LogP contribution in [-0.2, 0) is 21.2 Å². The number of hydrogen-bond donors (Lipinski definition) is 0. The number of piperidine rings is 1. The largest absolute Gasteiger partial charge is 0.243 e. The molecular weight excluding hydrogens is 290 g/mol. The molecule has 1 aromatic rings. The van der Waals surface area contributed by atoms with E-state index in [0.29, 0.717) is 19.4 Å². The summed E-state index contributed by atoms with van der Waals surface area (Å²) in [5.74, 6) is 0. The summed E-state index contributed by atoms with van der Waals surface area (Å²) in [5, 5.41) is 8.61. The van der Waals surface area contributed by atoms with E-state index < -0.39 is 10.0 Å². The molecule has 0 aliphatic carbocycles. The maximum absolute atomic E-state index is 12.5. The van der Waals surface area contributed by atoms with Gasteiger partial charge in [0, 0.05) is 13.1 Å². The quantitative estimate of drug-likeness (QED) is 0.618. The summed E-state index contributed by atoms with van der Waals surface area (Å²) < 4.78 is 26.4. The highest BCUT2D eigenvalue weighted by molar-refractivity contribution is 7.89. The lowest BCUT2D eigenvalue weighted by atomic mass is 10.1. The molecule has 1 unspecified atom stereocenters. The van der Waals surface area contributed by atoms with Crippen LogP contribution in [0.15, 0.2) is 34.2 Å². The van der Waals surface area contributed by atoms with Crippen LogP contribution in [0.25, 0.3) is 0 Å². The van der Waals surface area contributed by atoms with Crippen molar-refractivity contribution in [2.75, 3.05) is 13.1 Å². The zero-order chi connectivity index (χ0) is 15.3. The average Bonchev–Trinajstić information content (AvgIpc) is 2.49. The van der Waals surface area contributed by atoms with Crippen LogP contribution in [0.4, 0.5) is 0 Å². The monoisotopic (exact) mass is 305 g/mol. The number of aliphatic imine (C=N–C) groups is 1. The van der Waals surface area contributed by atoms with Gasteiger partial charge in [-0.3, -0.25) is 0 Å². The molecule has 110 valence electrons. The SMILES string of the molecule is N#CCc1ccc(S(=O)(=O)N2CCCC(N=C=O)C2)cc1. The molecule has 0 spiro atoms. The zero-order valence-corrected chi connectivity index (χ0v) is 12.2. The summed E-state index contributed by atoms with van der Waals surface area (Å²) in [6, 6.07) is 8.00. The van der Waals surface area contributed by atoms with E-state index in [1.807, 2.05) is 6.07 Å². The summed E-state index contributed by atoms with van der Waals surface area (Å²) in [5.41, 5.74) is 0.776. The Morgan fingerprint density at radius 3 is 2.67 bits per heavy atom. The molecule has 1 aliphatic heterocycles. The van der Waals surface area contributed by atoms with Crippen molar-refractivity contribution in [3.63, 3.8) is 0 Å². The fourth-order valence-corrected chi connectivity index (χ4v) is 3.85. The molecule has 1 atom stereocenters. The van der Waals surface area contributed by atoms with Crippen molar-refractivity contribution >= 4 is 16.1 Å². The first-order chi connectivity index (χ1) is 10.1. The van der Waals surface area contributed by atoms with Crippen LogP contribution in [0.1, 0.15) is 18.4 Å². The first-order valence-electron chi connectivity index (χ1n) is 6.61. The summed E-state index contributed by atoms with van der Waals surface area (Å²) in [6.45, 7) is 0.630. The second kappa shape index (κ2) is 6.64. The van der Waals surface area contributed by atoms with Crippen molar-refractivity contribution in [2.45, 2.75) is 30.2 Å². The van der Waals surface area contributed by atoms with E-state index in [9.17, 15) is 13.2 Å². The van der Waals surface area contributed by atoms with Gasteiger partial charge in [0.2, 0.25) is 16.1 Å². The van der Waals surface area contributed by atoms with Crippen LogP contribution in [-0.4, -0.2) is 37.9 Å². The number of rotatable bonds is 4. The van der Waals surface area contributed by atoms with Gasteiger partial charge in [-0.2, -0.15) is 9.57 Å². The van der Waals surface area contributed by atoms with E-state index in [1.54, 1.807) is 12.1 Å². The Morgan fingerprint density at radius 1 is 1.33 bits per heavy atom. The van der Waals surface area contributed by atoms with Gasteiger partial charge in [0.25, 0.3) is 0 Å². The van der Waals surface area contributed by atoms with Gasteiger partial charge >= 0.3 is 0 Å². The Labute approximate surface area is 123 Å². The number of sulfonamides is 1. The summed E-state index contributed by atoms with van der Waals surface area (Å²) in [6.07, 6.45) is 3.11. The molecule has 0 radical (unpaired) electrons. The molecule has 1 aliphatic rings. The van der Waals surface area contributed by atoms with Gasteiger partial charge in [0.05, 0.1) is 23.4 Å². The van der Waals surface area contributed by atoms with Crippen molar-refractivity contribution < 1.29 is 13.2 Å². The van der Waals surface area contributed by atoms with Gasteiger partial charge in [-0.25, -0.2) is 18.2 Å². The number of hydrogen-bond acceptors (Lipinski definition) is 5. The summed E-state index contributed by atoms with van der Waals surface area (Å²) >= 11 is 0. The Kier molecular flexibility index (Phi) is 4.86. The molecule has 1 aromatic carbocycles. The third kappa shape index (κ3) is 3.56. The predicted molar refractivity (Wildman–Crippen MR) is 75.7 cm³/mol. The maximum Gasteiger partial charge on any atom is 0.243 e. The summed E-state index contributed by atoms with van der Waals surface area (Å²) in [7, 11) is -3.58. The molecule has 21 heavy (non-hydrogen) atoms. The first-order valence-corrected chi connectivity index (χ1v) is 8.05. The van der Waals surface area contributed by atoms with Gasteiger partial charge in [-0.1, -0.05) is 12.1 Å². The Morgan fingerprint density at radius 2 is 2.05 bits per heavy atom. The van der Waals surface area contributed by atoms with E-state index in [0.717, 1.165) is 5.56 Å². The van der Waals surface area contributed by atoms with Crippen molar-refractivity contribution in [1.82, 2.24) is 4.31 Å². The van der Waals surface area contributed by atoms with Crippen LogP contribution in [0, 0.1) is 11.3 Å². The minimum Gasteiger partial charge on any atom is -0.211 e. The molecule has 6 nitrogen and oxygen atoms in total. The molecule has 7 heteroatoms. The highest BCUT2D eigenvalue weighted by Crippen LogP contribution is 2.22. The van der Waals surface area contributed by atoms with Crippen LogP contribution < -0.4 is 0 Å². The molecular formula is C14H15N3O3S. The molecule has 0 bridgehead atoms. The smallest absolute Gasteiger partial charge is 0.211 e. The molecule has 0 N–H and O–H groups in total. The Bertz CT molecular complexity index is 685. The second-order valence-electron chi connectivity index (χ2n) is 4.86. The van der Waals surface area contributed by atoms with Crippen LogP contribution >= 0.6 is 0 Å². The number of isocyanates is 1. The standard InChI is InChI=1S/C14H15N3O3S/c15-8-7-12-3-5-14(6-4-12)21(19,20)17-9-1-2-13(10-17)16-11-18/h3-6,13H,1-2,7,9-10H2. The van der Waals surface area contributed by atoms with E-state index in [2.05, 4.69) is 4.99 Å². The van der Waals surface area contributed by atoms with Gasteiger partial charge < -0.3 is 0 Å². The molecule has 0 saturated carbocycles. The van der Waals surface area contributed by atoms with Crippen LogP contribution in [0.2, 0.25) is 0 Å². The average molecular weight is 305 g/mol. The third-order valence-corrected chi connectivity index (χ3v) is 5.32. The molecule has 0 aromatic heterocycles. The number of nitrogens with zero attached hydrogens (tertiary/aromatic N) is 3. The molecule has 2 rings (SSSR count). The van der Waals surface area contributed by atoms with Crippen LogP contribution in [0.3, 0.4) is 0 Å². The van der Waals surface area contributed by atoms with Crippen LogP contribution in [0.5, 0.6) is 0 Å². The molecule has 1 heterocycles. The predicted octanol–water partition coefficient (Wildman–Crippen LogP) is 1.24. The Balaban J connectivity index is 2.21. The van der Waals surface area contributed by atoms with Crippen molar-refractivity contribution in [3.8, 4) is 6.07 Å². The van der Waals surface area contributed by atoms with E-state index in [-0.39, 0.29) is 23.9 Å². The van der Waals surface area contributed by atoms with Gasteiger partial charge in [0.1, 0.15) is 0 Å². The van der Waals surface area contributed by atoms with Gasteiger partial charge in [0.15, 0.2) is 0 Å². The lowest BCUT2D eigenvalue weighted by Gasteiger charge is -2.29. The number of benzene rings is 1. The lowest BCUT2D eigenvalue weighted by molar-refractivity contribution is 0.316. The second-order valence-corrected chi connectivity index (χ2v) is 6.80. The van der Waals surface area contributed by atoms with E-state index >= 15 is 0 Å². The minimum absolute atomic E-state index is 0.194.